The quantitative estimate of drug-likeness (QED) is 0.725. The van der Waals surface area contributed by atoms with Crippen LogP contribution in [0.3, 0.4) is 0 Å². The molecule has 0 amide bonds. The Labute approximate surface area is 161 Å². The first-order valence-electron chi connectivity index (χ1n) is 9.87. The molecule has 1 aliphatic heterocycles. The van der Waals surface area contributed by atoms with Crippen LogP contribution in [-0.4, -0.2) is 10.7 Å². The average Bonchev–Trinajstić information content (AvgIpc) is 2.72. The number of aliphatic hydroxyl groups is 1. The van der Waals surface area contributed by atoms with Crippen LogP contribution in [0.2, 0.25) is 0 Å². The van der Waals surface area contributed by atoms with Gasteiger partial charge in [0.25, 0.3) is 0 Å². The van der Waals surface area contributed by atoms with E-state index in [0.29, 0.717) is 6.42 Å². The highest BCUT2D eigenvalue weighted by Gasteiger charge is 2.48. The van der Waals surface area contributed by atoms with Crippen molar-refractivity contribution in [3.05, 3.63) is 108 Å². The average molecular weight is 359 g/mol. The van der Waals surface area contributed by atoms with E-state index < -0.39 is 5.60 Å². The van der Waals surface area contributed by atoms with Crippen LogP contribution in [0, 0.1) is 5.92 Å². The van der Waals surface area contributed by atoms with Crippen molar-refractivity contribution in [2.75, 3.05) is 0 Å². The summed E-state index contributed by atoms with van der Waals surface area (Å²) in [5, 5.41) is 14.3. The number of hydrogen-bond donors (Lipinski definition) is 2. The number of quaternary nitrogens is 1. The van der Waals surface area contributed by atoms with Crippen molar-refractivity contribution >= 4 is 0 Å². The molecule has 1 saturated heterocycles. The lowest BCUT2D eigenvalue weighted by Gasteiger charge is -2.45. The molecule has 3 aromatic rings. The summed E-state index contributed by atoms with van der Waals surface area (Å²) in [6, 6.07) is 32.1. The van der Waals surface area contributed by atoms with Crippen molar-refractivity contribution in [1.82, 2.24) is 0 Å². The van der Waals surface area contributed by atoms with Crippen molar-refractivity contribution in [2.45, 2.75) is 37.5 Å². The standard InChI is InChI=1S/C25H27NO/c1-19-24(22-15-9-4-10-16-22)26-23(21-13-7-3-8-14-21)18-25(19,27)17-20-11-5-2-6-12-20/h2-16,19,23-24,26-27H,17-18H2,1H3/p+1/t19-,23-,24+,25+/m0/s1. The molecule has 1 heterocycles. The van der Waals surface area contributed by atoms with Crippen LogP contribution >= 0.6 is 0 Å². The van der Waals surface area contributed by atoms with Crippen LogP contribution in [0.15, 0.2) is 91.0 Å². The molecule has 4 rings (SSSR count). The molecule has 0 unspecified atom stereocenters. The Morgan fingerprint density at radius 2 is 1.33 bits per heavy atom. The fraction of sp³-hybridized carbons (Fsp3) is 0.280. The van der Waals surface area contributed by atoms with Gasteiger partial charge in [-0.15, -0.1) is 0 Å². The molecular formula is C25H28NO+. The largest absolute Gasteiger partial charge is 0.389 e. The van der Waals surface area contributed by atoms with E-state index in [-0.39, 0.29) is 18.0 Å². The molecule has 1 aliphatic rings. The summed E-state index contributed by atoms with van der Waals surface area (Å²) in [6.07, 6.45) is 1.45. The van der Waals surface area contributed by atoms with Crippen molar-refractivity contribution in [1.29, 1.82) is 0 Å². The minimum atomic E-state index is -0.739. The van der Waals surface area contributed by atoms with Gasteiger partial charge in [-0.25, -0.2) is 0 Å². The smallest absolute Gasteiger partial charge is 0.117 e. The molecule has 1 fully saturated rings. The highest BCUT2D eigenvalue weighted by Crippen LogP contribution is 2.40. The van der Waals surface area contributed by atoms with Crippen LogP contribution in [0.25, 0.3) is 0 Å². The number of piperidine rings is 1. The van der Waals surface area contributed by atoms with Crippen molar-refractivity contribution in [2.24, 2.45) is 5.92 Å². The van der Waals surface area contributed by atoms with Crippen molar-refractivity contribution < 1.29 is 10.4 Å². The zero-order chi connectivity index (χ0) is 18.7. The zero-order valence-corrected chi connectivity index (χ0v) is 15.8. The Hall–Kier alpha value is -2.42. The number of benzene rings is 3. The molecule has 138 valence electrons. The fourth-order valence-corrected chi connectivity index (χ4v) is 4.57. The van der Waals surface area contributed by atoms with Gasteiger partial charge >= 0.3 is 0 Å². The second kappa shape index (κ2) is 7.67. The lowest BCUT2D eigenvalue weighted by molar-refractivity contribution is -0.756. The first-order chi connectivity index (χ1) is 13.2. The summed E-state index contributed by atoms with van der Waals surface area (Å²) >= 11 is 0. The zero-order valence-electron chi connectivity index (χ0n) is 15.8. The van der Waals surface area contributed by atoms with Crippen LogP contribution in [-0.2, 0) is 6.42 Å². The molecule has 0 radical (unpaired) electrons. The Bertz CT molecular complexity index is 849. The molecule has 0 aliphatic carbocycles. The van der Waals surface area contributed by atoms with Gasteiger partial charge in [-0.05, 0) is 5.56 Å². The van der Waals surface area contributed by atoms with Gasteiger partial charge in [-0.1, -0.05) is 97.9 Å². The minimum absolute atomic E-state index is 0.153. The van der Waals surface area contributed by atoms with Gasteiger partial charge in [0.15, 0.2) is 0 Å². The Morgan fingerprint density at radius 3 is 1.93 bits per heavy atom. The highest BCUT2D eigenvalue weighted by atomic mass is 16.3. The number of rotatable bonds is 4. The van der Waals surface area contributed by atoms with E-state index in [0.717, 1.165) is 6.42 Å². The predicted octanol–water partition coefficient (Wildman–Crippen LogP) is 4.05. The topological polar surface area (TPSA) is 36.8 Å². The maximum Gasteiger partial charge on any atom is 0.117 e. The van der Waals surface area contributed by atoms with Crippen LogP contribution in [0.4, 0.5) is 0 Å². The molecule has 2 heteroatoms. The van der Waals surface area contributed by atoms with Crippen molar-refractivity contribution in [3.63, 3.8) is 0 Å². The van der Waals surface area contributed by atoms with Gasteiger partial charge in [0.05, 0.1) is 5.60 Å². The molecule has 0 aromatic heterocycles. The SMILES string of the molecule is C[C@H]1[C@H](c2ccccc2)[NH2+][C@H](c2ccccc2)C[C@]1(O)Cc1ccccc1. The molecule has 3 N–H and O–H groups in total. The molecule has 0 saturated carbocycles. The highest BCUT2D eigenvalue weighted by molar-refractivity contribution is 5.25. The molecule has 3 aromatic carbocycles. The van der Waals surface area contributed by atoms with Gasteiger partial charge in [-0.3, -0.25) is 0 Å². The lowest BCUT2D eigenvalue weighted by Crippen LogP contribution is -2.91. The van der Waals surface area contributed by atoms with Gasteiger partial charge < -0.3 is 10.4 Å². The van der Waals surface area contributed by atoms with Gasteiger partial charge in [-0.2, -0.15) is 0 Å². The van der Waals surface area contributed by atoms with E-state index in [1.54, 1.807) is 0 Å². The fourth-order valence-electron chi connectivity index (χ4n) is 4.57. The molecule has 2 nitrogen and oxygen atoms in total. The summed E-state index contributed by atoms with van der Waals surface area (Å²) < 4.78 is 0. The third-order valence-electron chi connectivity index (χ3n) is 6.16. The summed E-state index contributed by atoms with van der Waals surface area (Å²) in [5.74, 6) is 0.153. The van der Waals surface area contributed by atoms with E-state index in [9.17, 15) is 5.11 Å². The summed E-state index contributed by atoms with van der Waals surface area (Å²) in [4.78, 5) is 0. The van der Waals surface area contributed by atoms with E-state index in [2.05, 4.69) is 97.2 Å². The van der Waals surface area contributed by atoms with E-state index in [1.807, 2.05) is 6.07 Å². The second-order valence-electron chi connectivity index (χ2n) is 7.90. The normalized spacial score (nSPS) is 28.0. The molecule has 27 heavy (non-hydrogen) atoms. The monoisotopic (exact) mass is 358 g/mol. The molecule has 0 bridgehead atoms. The van der Waals surface area contributed by atoms with Crippen LogP contribution in [0.5, 0.6) is 0 Å². The molecule has 0 spiro atoms. The second-order valence-corrected chi connectivity index (χ2v) is 7.90. The Kier molecular flexibility index (Phi) is 5.11. The number of hydrogen-bond acceptors (Lipinski definition) is 1. The Balaban J connectivity index is 1.70. The van der Waals surface area contributed by atoms with Gasteiger partial charge in [0.1, 0.15) is 12.1 Å². The first kappa shape index (κ1) is 18.0. The third kappa shape index (κ3) is 3.83. The maximum atomic E-state index is 11.8. The summed E-state index contributed by atoms with van der Waals surface area (Å²) in [7, 11) is 0. The third-order valence-corrected chi connectivity index (χ3v) is 6.16. The van der Waals surface area contributed by atoms with E-state index >= 15 is 0 Å². The van der Waals surface area contributed by atoms with E-state index in [1.165, 1.54) is 16.7 Å². The summed E-state index contributed by atoms with van der Waals surface area (Å²) in [5.41, 5.74) is 3.04. The van der Waals surface area contributed by atoms with Crippen molar-refractivity contribution in [3.8, 4) is 0 Å². The first-order valence-corrected chi connectivity index (χ1v) is 9.87. The maximum absolute atomic E-state index is 11.8. The van der Waals surface area contributed by atoms with E-state index in [4.69, 9.17) is 0 Å². The van der Waals surface area contributed by atoms with Crippen LogP contribution < -0.4 is 5.32 Å². The van der Waals surface area contributed by atoms with Gasteiger partial charge in [0.2, 0.25) is 0 Å². The number of nitrogens with two attached hydrogens (primary N) is 1. The van der Waals surface area contributed by atoms with Gasteiger partial charge in [0, 0.05) is 29.9 Å². The molecular weight excluding hydrogens is 330 g/mol. The lowest BCUT2D eigenvalue weighted by atomic mass is 9.69. The van der Waals surface area contributed by atoms with Crippen LogP contribution in [0.1, 0.15) is 42.1 Å². The predicted molar refractivity (Wildman–Crippen MR) is 109 cm³/mol. The molecule has 4 atom stereocenters. The summed E-state index contributed by atoms with van der Waals surface area (Å²) in [6.45, 7) is 2.21. The Morgan fingerprint density at radius 1 is 0.815 bits per heavy atom. The minimum Gasteiger partial charge on any atom is -0.389 e.